The predicted molar refractivity (Wildman–Crippen MR) is 102 cm³/mol. The smallest absolute Gasteiger partial charge is 0.297 e. The maximum absolute atomic E-state index is 13.3. The normalized spacial score (nSPS) is 12.0. The Morgan fingerprint density at radius 1 is 1.15 bits per heavy atom. The lowest BCUT2D eigenvalue weighted by Crippen LogP contribution is -2.30. The second-order valence-electron chi connectivity index (χ2n) is 7.00. The first-order valence-electron chi connectivity index (χ1n) is 8.07. The van der Waals surface area contributed by atoms with Gasteiger partial charge in [-0.3, -0.25) is 4.79 Å². The maximum atomic E-state index is 13.3. The Hall–Kier alpha value is -2.58. The van der Waals surface area contributed by atoms with E-state index in [9.17, 15) is 9.18 Å². The zero-order chi connectivity index (χ0) is 19.3. The van der Waals surface area contributed by atoms with Crippen molar-refractivity contribution < 1.29 is 8.81 Å². The van der Waals surface area contributed by atoms with E-state index >= 15 is 0 Å². The molecule has 3 aromatic heterocycles. The molecule has 0 aliphatic rings. The van der Waals surface area contributed by atoms with Crippen molar-refractivity contribution in [2.24, 2.45) is 0 Å². The quantitative estimate of drug-likeness (QED) is 0.489. The van der Waals surface area contributed by atoms with Crippen LogP contribution in [0.15, 0.2) is 39.5 Å². The van der Waals surface area contributed by atoms with Crippen LogP contribution in [0.3, 0.4) is 0 Å². The molecule has 9 heteroatoms. The van der Waals surface area contributed by atoms with E-state index in [0.717, 1.165) is 0 Å². The highest BCUT2D eigenvalue weighted by atomic mass is 35.5. The summed E-state index contributed by atoms with van der Waals surface area (Å²) in [7, 11) is 0. The van der Waals surface area contributed by atoms with Crippen LogP contribution < -0.4 is 5.56 Å². The number of hydrogen-bond donors (Lipinski definition) is 0. The van der Waals surface area contributed by atoms with E-state index in [2.05, 4.69) is 15.3 Å². The molecule has 0 spiro atoms. The predicted octanol–water partition coefficient (Wildman–Crippen LogP) is 4.56. The molecule has 4 rings (SSSR count). The lowest BCUT2D eigenvalue weighted by Gasteiger charge is -2.14. The van der Waals surface area contributed by atoms with Gasteiger partial charge in [-0.15, -0.1) is 15.3 Å². The average molecular weight is 405 g/mol. The third-order valence-electron chi connectivity index (χ3n) is 3.92. The number of furan rings is 1. The zero-order valence-electron chi connectivity index (χ0n) is 14.7. The van der Waals surface area contributed by atoms with Gasteiger partial charge in [0.15, 0.2) is 10.8 Å². The second kappa shape index (κ2) is 6.24. The molecule has 0 radical (unpaired) electrons. The Labute approximate surface area is 162 Å². The molecule has 138 valence electrons. The number of fused-ring (bicyclic) bond motifs is 1. The van der Waals surface area contributed by atoms with Crippen molar-refractivity contribution in [1.29, 1.82) is 0 Å². The van der Waals surface area contributed by atoms with Gasteiger partial charge in [0.05, 0.1) is 5.02 Å². The van der Waals surface area contributed by atoms with Crippen LogP contribution in [0.2, 0.25) is 5.02 Å². The molecular formula is C18H14ClFN4O2S. The number of aromatic nitrogens is 4. The Balaban J connectivity index is 1.77. The number of benzene rings is 1. The standard InChI is InChI=1S/C18H14ClFN4O2S/c1-18(2,3)14-16(25)24-17(22-21-14)27-15(23-24)13-7-6-12(26-13)9-4-5-11(20)10(19)8-9/h4-8H,1-3H3. The molecule has 6 nitrogen and oxygen atoms in total. The van der Waals surface area contributed by atoms with Crippen molar-refractivity contribution >= 4 is 27.9 Å². The van der Waals surface area contributed by atoms with Gasteiger partial charge in [-0.05, 0) is 30.3 Å². The first-order valence-corrected chi connectivity index (χ1v) is 9.26. The summed E-state index contributed by atoms with van der Waals surface area (Å²) in [6.07, 6.45) is 0. The van der Waals surface area contributed by atoms with Crippen LogP contribution in [0, 0.1) is 5.82 Å². The molecule has 0 saturated heterocycles. The van der Waals surface area contributed by atoms with Gasteiger partial charge in [0.1, 0.15) is 17.3 Å². The molecule has 1 aromatic carbocycles. The Morgan fingerprint density at radius 2 is 1.89 bits per heavy atom. The Morgan fingerprint density at radius 3 is 2.59 bits per heavy atom. The summed E-state index contributed by atoms with van der Waals surface area (Å²) >= 11 is 7.03. The van der Waals surface area contributed by atoms with Crippen LogP contribution in [-0.4, -0.2) is 19.8 Å². The van der Waals surface area contributed by atoms with Crippen LogP contribution >= 0.6 is 22.9 Å². The highest BCUT2D eigenvalue weighted by molar-refractivity contribution is 7.19. The van der Waals surface area contributed by atoms with Gasteiger partial charge in [0.25, 0.3) is 5.56 Å². The summed E-state index contributed by atoms with van der Waals surface area (Å²) in [5.41, 5.74) is 0.250. The van der Waals surface area contributed by atoms with E-state index in [1.165, 1.54) is 28.0 Å². The van der Waals surface area contributed by atoms with Gasteiger partial charge in [-0.2, -0.15) is 4.52 Å². The minimum absolute atomic E-state index is 0.0157. The molecule has 0 aliphatic heterocycles. The third kappa shape index (κ3) is 3.15. The van der Waals surface area contributed by atoms with Gasteiger partial charge in [-0.1, -0.05) is 43.7 Å². The summed E-state index contributed by atoms with van der Waals surface area (Å²) in [6.45, 7) is 5.68. The second-order valence-corrected chi connectivity index (χ2v) is 8.36. The van der Waals surface area contributed by atoms with Crippen molar-refractivity contribution in [3.8, 4) is 22.1 Å². The fourth-order valence-electron chi connectivity index (χ4n) is 2.54. The minimum atomic E-state index is -0.494. The van der Waals surface area contributed by atoms with E-state index in [4.69, 9.17) is 16.0 Å². The molecule has 0 atom stereocenters. The Bertz CT molecular complexity index is 1220. The van der Waals surface area contributed by atoms with E-state index in [1.807, 2.05) is 20.8 Å². The van der Waals surface area contributed by atoms with E-state index in [0.29, 0.717) is 32.7 Å². The monoisotopic (exact) mass is 404 g/mol. The highest BCUT2D eigenvalue weighted by Gasteiger charge is 2.23. The summed E-state index contributed by atoms with van der Waals surface area (Å²) in [5, 5.41) is 13.0. The van der Waals surface area contributed by atoms with Gasteiger partial charge < -0.3 is 4.42 Å². The lowest BCUT2D eigenvalue weighted by molar-refractivity contribution is 0.542. The molecule has 27 heavy (non-hydrogen) atoms. The van der Waals surface area contributed by atoms with Crippen LogP contribution in [0.1, 0.15) is 26.5 Å². The maximum Gasteiger partial charge on any atom is 0.297 e. The van der Waals surface area contributed by atoms with Crippen molar-refractivity contribution in [3.63, 3.8) is 0 Å². The summed E-state index contributed by atoms with van der Waals surface area (Å²) in [6, 6.07) is 7.81. The van der Waals surface area contributed by atoms with Gasteiger partial charge in [0.2, 0.25) is 4.96 Å². The number of halogens is 2. The SMILES string of the molecule is CC(C)(C)c1nnc2sc(-c3ccc(-c4ccc(F)c(Cl)c4)o3)nn2c1=O. The van der Waals surface area contributed by atoms with E-state index in [-0.39, 0.29) is 10.6 Å². The fraction of sp³-hybridized carbons (Fsp3) is 0.222. The molecule has 0 unspecified atom stereocenters. The van der Waals surface area contributed by atoms with Crippen molar-refractivity contribution in [2.45, 2.75) is 26.2 Å². The van der Waals surface area contributed by atoms with Crippen LogP contribution in [-0.2, 0) is 5.41 Å². The number of hydrogen-bond acceptors (Lipinski definition) is 6. The molecular weight excluding hydrogens is 391 g/mol. The lowest BCUT2D eigenvalue weighted by atomic mass is 9.93. The van der Waals surface area contributed by atoms with E-state index in [1.54, 1.807) is 18.2 Å². The summed E-state index contributed by atoms with van der Waals surface area (Å²) < 4.78 is 20.4. The van der Waals surface area contributed by atoms with Gasteiger partial charge >= 0.3 is 0 Å². The summed E-state index contributed by atoms with van der Waals surface area (Å²) in [4.78, 5) is 13.0. The highest BCUT2D eigenvalue weighted by Crippen LogP contribution is 2.32. The molecule has 3 heterocycles. The summed E-state index contributed by atoms with van der Waals surface area (Å²) in [5.74, 6) is 0.489. The molecule has 0 amide bonds. The Kier molecular flexibility index (Phi) is 4.12. The van der Waals surface area contributed by atoms with Crippen LogP contribution in [0.25, 0.3) is 27.1 Å². The van der Waals surface area contributed by atoms with Crippen molar-refractivity contribution in [3.05, 3.63) is 57.2 Å². The molecule has 0 saturated carbocycles. The number of nitrogens with zero attached hydrogens (tertiary/aromatic N) is 4. The van der Waals surface area contributed by atoms with Gasteiger partial charge in [-0.25, -0.2) is 4.39 Å². The molecule has 0 bridgehead atoms. The van der Waals surface area contributed by atoms with Crippen LogP contribution in [0.4, 0.5) is 4.39 Å². The molecule has 0 N–H and O–H groups in total. The van der Waals surface area contributed by atoms with Crippen molar-refractivity contribution in [1.82, 2.24) is 19.8 Å². The minimum Gasteiger partial charge on any atom is -0.454 e. The largest absolute Gasteiger partial charge is 0.454 e. The molecule has 4 aromatic rings. The van der Waals surface area contributed by atoms with Gasteiger partial charge in [0, 0.05) is 11.0 Å². The topological polar surface area (TPSA) is 73.3 Å². The number of rotatable bonds is 2. The first kappa shape index (κ1) is 17.8. The molecule has 0 aliphatic carbocycles. The van der Waals surface area contributed by atoms with E-state index < -0.39 is 11.2 Å². The average Bonchev–Trinajstić information content (AvgIpc) is 3.23. The third-order valence-corrected chi connectivity index (χ3v) is 5.12. The first-order chi connectivity index (χ1) is 12.7. The zero-order valence-corrected chi connectivity index (χ0v) is 16.2. The molecule has 0 fully saturated rings. The fourth-order valence-corrected chi connectivity index (χ4v) is 3.52. The van der Waals surface area contributed by atoms with Crippen LogP contribution in [0.5, 0.6) is 0 Å². The van der Waals surface area contributed by atoms with Crippen molar-refractivity contribution in [2.75, 3.05) is 0 Å².